The predicted molar refractivity (Wildman–Crippen MR) is 93.0 cm³/mol. The SMILES string of the molecule is CC(C)NCc1sc(Cc2ccc(Br)cc2)nc1C1CC1. The number of halogens is 1. The molecule has 0 bridgehead atoms. The molecule has 0 amide bonds. The summed E-state index contributed by atoms with van der Waals surface area (Å²) in [6.45, 7) is 5.35. The summed E-state index contributed by atoms with van der Waals surface area (Å²) in [6.07, 6.45) is 3.58. The van der Waals surface area contributed by atoms with Crippen LogP contribution in [0.2, 0.25) is 0 Å². The van der Waals surface area contributed by atoms with Crippen LogP contribution in [-0.2, 0) is 13.0 Å². The third-order valence-electron chi connectivity index (χ3n) is 3.68. The van der Waals surface area contributed by atoms with E-state index in [0.717, 1.165) is 23.4 Å². The van der Waals surface area contributed by atoms with Gasteiger partial charge in [0.1, 0.15) is 0 Å². The molecular weight excluding hydrogens is 344 g/mol. The van der Waals surface area contributed by atoms with Crippen molar-refractivity contribution in [3.05, 3.63) is 49.9 Å². The van der Waals surface area contributed by atoms with Crippen molar-refractivity contribution in [2.75, 3.05) is 0 Å². The largest absolute Gasteiger partial charge is 0.310 e. The van der Waals surface area contributed by atoms with Crippen LogP contribution in [0.5, 0.6) is 0 Å². The molecule has 1 fully saturated rings. The first-order chi connectivity index (χ1) is 10.1. The average Bonchev–Trinajstić information content (AvgIpc) is 3.21. The number of benzene rings is 1. The van der Waals surface area contributed by atoms with Gasteiger partial charge in [-0.25, -0.2) is 4.98 Å². The third kappa shape index (κ3) is 4.15. The topological polar surface area (TPSA) is 24.9 Å². The van der Waals surface area contributed by atoms with E-state index >= 15 is 0 Å². The summed E-state index contributed by atoms with van der Waals surface area (Å²) in [5.41, 5.74) is 2.69. The summed E-state index contributed by atoms with van der Waals surface area (Å²) in [5.74, 6) is 0.726. The number of rotatable bonds is 6. The number of hydrogen-bond acceptors (Lipinski definition) is 3. The van der Waals surface area contributed by atoms with Crippen LogP contribution in [0.1, 0.15) is 53.7 Å². The Morgan fingerprint density at radius 2 is 2.00 bits per heavy atom. The second kappa shape index (κ2) is 6.59. The number of nitrogens with one attached hydrogen (secondary N) is 1. The minimum absolute atomic E-state index is 0.522. The minimum atomic E-state index is 0.522. The molecule has 0 atom stereocenters. The maximum Gasteiger partial charge on any atom is 0.0975 e. The third-order valence-corrected chi connectivity index (χ3v) is 5.28. The summed E-state index contributed by atoms with van der Waals surface area (Å²) in [5, 5.41) is 4.78. The van der Waals surface area contributed by atoms with Crippen LogP contribution < -0.4 is 5.32 Å². The van der Waals surface area contributed by atoms with Gasteiger partial charge in [-0.3, -0.25) is 0 Å². The fourth-order valence-corrected chi connectivity index (χ4v) is 3.77. The summed E-state index contributed by atoms with van der Waals surface area (Å²) in [6, 6.07) is 9.08. The molecule has 1 aliphatic rings. The van der Waals surface area contributed by atoms with Crippen molar-refractivity contribution >= 4 is 27.3 Å². The molecule has 0 aliphatic heterocycles. The fourth-order valence-electron chi connectivity index (χ4n) is 2.37. The molecule has 1 N–H and O–H groups in total. The molecular formula is C17H21BrN2S. The zero-order valence-corrected chi connectivity index (χ0v) is 14.9. The molecule has 21 heavy (non-hydrogen) atoms. The molecule has 4 heteroatoms. The Labute approximate surface area is 139 Å². The molecule has 3 rings (SSSR count). The molecule has 0 spiro atoms. The van der Waals surface area contributed by atoms with Gasteiger partial charge in [0.2, 0.25) is 0 Å². The highest BCUT2D eigenvalue weighted by atomic mass is 79.9. The molecule has 1 heterocycles. The van der Waals surface area contributed by atoms with Crippen LogP contribution in [0.4, 0.5) is 0 Å². The van der Waals surface area contributed by atoms with E-state index in [1.165, 1.54) is 34.0 Å². The minimum Gasteiger partial charge on any atom is -0.310 e. The Kier molecular flexibility index (Phi) is 4.77. The van der Waals surface area contributed by atoms with Gasteiger partial charge < -0.3 is 5.32 Å². The quantitative estimate of drug-likeness (QED) is 0.790. The molecule has 0 saturated heterocycles. The fraction of sp³-hybridized carbons (Fsp3) is 0.471. The van der Waals surface area contributed by atoms with Gasteiger partial charge in [0.25, 0.3) is 0 Å². The van der Waals surface area contributed by atoms with Crippen LogP contribution in [0.15, 0.2) is 28.7 Å². The zero-order valence-electron chi connectivity index (χ0n) is 12.5. The molecule has 112 valence electrons. The molecule has 1 aromatic carbocycles. The lowest BCUT2D eigenvalue weighted by Gasteiger charge is -2.07. The van der Waals surface area contributed by atoms with E-state index < -0.39 is 0 Å². The Bertz CT molecular complexity index is 600. The number of nitrogens with zero attached hydrogens (tertiary/aromatic N) is 1. The van der Waals surface area contributed by atoms with Gasteiger partial charge in [0, 0.05) is 34.3 Å². The Hall–Kier alpha value is -0.710. The molecule has 1 aromatic heterocycles. The van der Waals surface area contributed by atoms with Crippen LogP contribution >= 0.6 is 27.3 Å². The van der Waals surface area contributed by atoms with Gasteiger partial charge in [-0.05, 0) is 30.5 Å². The van der Waals surface area contributed by atoms with E-state index in [2.05, 4.69) is 59.4 Å². The highest BCUT2D eigenvalue weighted by molar-refractivity contribution is 9.10. The van der Waals surface area contributed by atoms with E-state index in [1.807, 2.05) is 11.3 Å². The van der Waals surface area contributed by atoms with Gasteiger partial charge in [-0.2, -0.15) is 0 Å². The van der Waals surface area contributed by atoms with Crippen molar-refractivity contribution in [1.29, 1.82) is 0 Å². The van der Waals surface area contributed by atoms with Crippen molar-refractivity contribution in [2.24, 2.45) is 0 Å². The Balaban J connectivity index is 1.75. The van der Waals surface area contributed by atoms with Crippen LogP contribution in [0.3, 0.4) is 0 Å². The van der Waals surface area contributed by atoms with Crippen molar-refractivity contribution in [3.63, 3.8) is 0 Å². The predicted octanol–water partition coefficient (Wildman–Crippen LogP) is 4.87. The van der Waals surface area contributed by atoms with E-state index in [9.17, 15) is 0 Å². The standard InChI is InChI=1S/C17H21BrN2S/c1-11(2)19-10-15-17(13-5-6-13)20-16(21-15)9-12-3-7-14(18)8-4-12/h3-4,7-8,11,13,19H,5-6,9-10H2,1-2H3. The van der Waals surface area contributed by atoms with Gasteiger partial charge >= 0.3 is 0 Å². The molecule has 0 unspecified atom stereocenters. The van der Waals surface area contributed by atoms with Gasteiger partial charge in [-0.15, -0.1) is 11.3 Å². The monoisotopic (exact) mass is 364 g/mol. The number of aromatic nitrogens is 1. The molecule has 2 aromatic rings. The lowest BCUT2D eigenvalue weighted by Crippen LogP contribution is -2.21. The second-order valence-electron chi connectivity index (χ2n) is 6.03. The highest BCUT2D eigenvalue weighted by Gasteiger charge is 2.29. The van der Waals surface area contributed by atoms with Gasteiger partial charge in [0.05, 0.1) is 10.7 Å². The van der Waals surface area contributed by atoms with Crippen molar-refractivity contribution in [2.45, 2.75) is 51.6 Å². The van der Waals surface area contributed by atoms with E-state index in [-0.39, 0.29) is 0 Å². The number of hydrogen-bond donors (Lipinski definition) is 1. The van der Waals surface area contributed by atoms with E-state index in [4.69, 9.17) is 4.98 Å². The summed E-state index contributed by atoms with van der Waals surface area (Å²) in [4.78, 5) is 6.38. The lowest BCUT2D eigenvalue weighted by atomic mass is 10.2. The smallest absolute Gasteiger partial charge is 0.0975 e. The van der Waals surface area contributed by atoms with Crippen molar-refractivity contribution in [1.82, 2.24) is 10.3 Å². The summed E-state index contributed by atoms with van der Waals surface area (Å²) < 4.78 is 1.13. The highest BCUT2D eigenvalue weighted by Crippen LogP contribution is 2.42. The maximum atomic E-state index is 4.93. The Morgan fingerprint density at radius 3 is 2.62 bits per heavy atom. The first-order valence-electron chi connectivity index (χ1n) is 7.58. The van der Waals surface area contributed by atoms with E-state index in [1.54, 1.807) is 0 Å². The summed E-state index contributed by atoms with van der Waals surface area (Å²) in [7, 11) is 0. The summed E-state index contributed by atoms with van der Waals surface area (Å²) >= 11 is 5.37. The van der Waals surface area contributed by atoms with Gasteiger partial charge in [0.15, 0.2) is 0 Å². The molecule has 1 aliphatic carbocycles. The molecule has 0 radical (unpaired) electrons. The van der Waals surface area contributed by atoms with Crippen molar-refractivity contribution < 1.29 is 0 Å². The first-order valence-corrected chi connectivity index (χ1v) is 9.19. The van der Waals surface area contributed by atoms with Crippen molar-refractivity contribution in [3.8, 4) is 0 Å². The number of thiazole rings is 1. The lowest BCUT2D eigenvalue weighted by molar-refractivity contribution is 0.590. The van der Waals surface area contributed by atoms with Crippen LogP contribution in [-0.4, -0.2) is 11.0 Å². The Morgan fingerprint density at radius 1 is 1.29 bits per heavy atom. The maximum absolute atomic E-state index is 4.93. The normalized spacial score (nSPS) is 14.9. The van der Waals surface area contributed by atoms with E-state index in [0.29, 0.717) is 6.04 Å². The average molecular weight is 365 g/mol. The first kappa shape index (κ1) is 15.2. The van der Waals surface area contributed by atoms with Crippen LogP contribution in [0.25, 0.3) is 0 Å². The zero-order chi connectivity index (χ0) is 14.8. The van der Waals surface area contributed by atoms with Gasteiger partial charge in [-0.1, -0.05) is 41.9 Å². The molecule has 2 nitrogen and oxygen atoms in total. The van der Waals surface area contributed by atoms with Crippen LogP contribution in [0, 0.1) is 0 Å². The molecule has 1 saturated carbocycles. The second-order valence-corrected chi connectivity index (χ2v) is 8.11.